The molecule has 1 aliphatic heterocycles. The number of nitrogens with one attached hydrogen (secondary N) is 1. The van der Waals surface area contributed by atoms with E-state index in [0.29, 0.717) is 65.3 Å². The van der Waals surface area contributed by atoms with Gasteiger partial charge in [-0.1, -0.05) is 23.2 Å². The van der Waals surface area contributed by atoms with Gasteiger partial charge in [0.05, 0.1) is 41.4 Å². The lowest BCUT2D eigenvalue weighted by molar-refractivity contribution is -0.432. The average molecular weight is 491 g/mol. The van der Waals surface area contributed by atoms with E-state index < -0.39 is 5.91 Å². The number of hydrogen-bond acceptors (Lipinski definition) is 11. The minimum absolute atomic E-state index is 0.165. The van der Waals surface area contributed by atoms with Crippen LogP contribution in [0.1, 0.15) is 10.4 Å². The minimum atomic E-state index is -0.398. The van der Waals surface area contributed by atoms with Crippen LogP contribution in [-0.2, 0) is 14.1 Å². The fourth-order valence-corrected chi connectivity index (χ4v) is 4.25. The Morgan fingerprint density at radius 2 is 1.94 bits per heavy atom. The molecule has 14 heteroatoms. The Balaban J connectivity index is 1.49. The molecule has 0 radical (unpaired) electrons. The monoisotopic (exact) mass is 490 g/mol. The van der Waals surface area contributed by atoms with Crippen molar-refractivity contribution in [1.29, 1.82) is 0 Å². The van der Waals surface area contributed by atoms with Crippen LogP contribution in [0, 0.1) is 0 Å². The highest BCUT2D eigenvalue weighted by atomic mass is 32.2. The first-order valence-electron chi connectivity index (χ1n) is 9.64. The molecule has 1 fully saturated rings. The Morgan fingerprint density at radius 3 is 2.76 bits per heavy atom. The van der Waals surface area contributed by atoms with E-state index in [2.05, 4.69) is 30.2 Å². The van der Waals surface area contributed by atoms with Gasteiger partial charge in [0.1, 0.15) is 0 Å². The van der Waals surface area contributed by atoms with Crippen molar-refractivity contribution < 1.29 is 29.0 Å². The average Bonchev–Trinajstić information content (AvgIpc) is 3.31. The van der Waals surface area contributed by atoms with Crippen LogP contribution in [-0.4, -0.2) is 67.8 Å². The Morgan fingerprint density at radius 1 is 1.12 bits per heavy atom. The summed E-state index contributed by atoms with van der Waals surface area (Å²) in [4.78, 5) is 27.5. The molecule has 0 spiro atoms. The van der Waals surface area contributed by atoms with E-state index in [1.807, 2.05) is 0 Å². The lowest BCUT2D eigenvalue weighted by Gasteiger charge is -2.25. The Hall–Kier alpha value is -3.01. The number of ether oxygens (including phenoxy) is 1. The van der Waals surface area contributed by atoms with Crippen LogP contribution in [0.4, 0.5) is 10.5 Å². The molecule has 3 aromatic rings. The summed E-state index contributed by atoms with van der Waals surface area (Å²) >= 11 is 1.62. The number of carbonyl (C=O) groups excluding carboxylic acids is 2. The van der Waals surface area contributed by atoms with E-state index in [-0.39, 0.29) is 5.24 Å². The smallest absolute Gasteiger partial charge is 0.289 e. The van der Waals surface area contributed by atoms with Crippen molar-refractivity contribution >= 4 is 40.6 Å². The summed E-state index contributed by atoms with van der Waals surface area (Å²) in [5.74, 6) is -0.398. The second kappa shape index (κ2) is 11.2. The second-order valence-corrected chi connectivity index (χ2v) is 8.23. The Kier molecular flexibility index (Phi) is 7.87. The van der Waals surface area contributed by atoms with E-state index in [0.717, 1.165) is 11.8 Å². The van der Waals surface area contributed by atoms with Crippen LogP contribution in [0.2, 0.25) is 0 Å². The Labute approximate surface area is 196 Å². The topological polar surface area (TPSA) is 141 Å². The molecule has 0 aliphatic carbocycles. The molecule has 0 atom stereocenters. The van der Waals surface area contributed by atoms with Crippen LogP contribution in [0.25, 0.3) is 5.69 Å². The molecule has 0 unspecified atom stereocenters. The summed E-state index contributed by atoms with van der Waals surface area (Å²) in [6, 6.07) is 13.5. The molecular weight excluding hydrogens is 472 g/mol. The first-order chi connectivity index (χ1) is 16.2. The largest absolute Gasteiger partial charge is 0.378 e. The van der Waals surface area contributed by atoms with Gasteiger partial charge in [-0.15, -0.1) is 9.43 Å². The van der Waals surface area contributed by atoms with Gasteiger partial charge in [0.2, 0.25) is 5.16 Å². The molecule has 1 aromatic heterocycles. The van der Waals surface area contributed by atoms with Crippen molar-refractivity contribution in [2.45, 2.75) is 10.1 Å². The number of amides is 2. The van der Waals surface area contributed by atoms with Crippen molar-refractivity contribution in [2.24, 2.45) is 0 Å². The van der Waals surface area contributed by atoms with E-state index in [1.165, 1.54) is 4.68 Å². The van der Waals surface area contributed by atoms with Gasteiger partial charge in [0.15, 0.2) is 0 Å². The molecule has 2 heterocycles. The normalized spacial score (nSPS) is 13.7. The van der Waals surface area contributed by atoms with Gasteiger partial charge in [-0.25, -0.2) is 5.26 Å². The molecule has 172 valence electrons. The fourth-order valence-electron chi connectivity index (χ4n) is 2.99. The van der Waals surface area contributed by atoms with Crippen LogP contribution in [0.5, 0.6) is 0 Å². The number of nitrogens with zero attached hydrogens (tertiary/aromatic N) is 5. The number of hydrogen-bond donors (Lipinski definition) is 2. The standard InChI is InChI=1S/C19H18N6O6S2/c26-17(15-6-1-2-7-16(15)33-31-30-28)20-13-4-3-5-14(12-13)25-18(21-22-23-25)32-19(27)24-8-10-29-11-9-24/h1-7,12,28H,8-11H2,(H,20,26). The molecule has 4 rings (SSSR count). The highest BCUT2D eigenvalue weighted by Gasteiger charge is 2.22. The zero-order valence-corrected chi connectivity index (χ0v) is 18.6. The summed E-state index contributed by atoms with van der Waals surface area (Å²) in [7, 11) is 0. The predicted molar refractivity (Wildman–Crippen MR) is 118 cm³/mol. The van der Waals surface area contributed by atoms with Gasteiger partial charge in [-0.3, -0.25) is 9.59 Å². The molecule has 2 N–H and O–H groups in total. The molecular formula is C19H18N6O6S2. The van der Waals surface area contributed by atoms with Crippen molar-refractivity contribution in [3.05, 3.63) is 54.1 Å². The molecule has 0 bridgehead atoms. The predicted octanol–water partition coefficient (Wildman–Crippen LogP) is 2.89. The first-order valence-corrected chi connectivity index (χ1v) is 11.2. The van der Waals surface area contributed by atoms with E-state index in [9.17, 15) is 9.59 Å². The van der Waals surface area contributed by atoms with Crippen molar-refractivity contribution in [3.8, 4) is 5.69 Å². The van der Waals surface area contributed by atoms with Gasteiger partial charge < -0.3 is 15.0 Å². The lowest BCUT2D eigenvalue weighted by Crippen LogP contribution is -2.38. The lowest BCUT2D eigenvalue weighted by atomic mass is 10.2. The van der Waals surface area contributed by atoms with Gasteiger partial charge in [-0.05, 0) is 40.8 Å². The number of carbonyl (C=O) groups is 2. The molecule has 2 amide bonds. The first kappa shape index (κ1) is 23.2. The third-order valence-corrected chi connectivity index (χ3v) is 6.06. The summed E-state index contributed by atoms with van der Waals surface area (Å²) in [5, 5.41) is 26.5. The maximum Gasteiger partial charge on any atom is 0.289 e. The zero-order valence-electron chi connectivity index (χ0n) is 17.0. The number of morpholine rings is 1. The Bertz CT molecular complexity index is 1120. The molecule has 1 saturated heterocycles. The van der Waals surface area contributed by atoms with E-state index in [1.54, 1.807) is 53.4 Å². The van der Waals surface area contributed by atoms with Crippen LogP contribution >= 0.6 is 23.8 Å². The number of thioether (sulfide) groups is 1. The van der Waals surface area contributed by atoms with Crippen LogP contribution in [0.15, 0.2) is 58.6 Å². The molecule has 33 heavy (non-hydrogen) atoms. The maximum atomic E-state index is 12.8. The van der Waals surface area contributed by atoms with E-state index >= 15 is 0 Å². The zero-order chi connectivity index (χ0) is 23.0. The maximum absolute atomic E-state index is 12.8. The highest BCUT2D eigenvalue weighted by molar-refractivity contribution is 8.13. The van der Waals surface area contributed by atoms with Crippen LogP contribution < -0.4 is 5.32 Å². The van der Waals surface area contributed by atoms with Gasteiger partial charge in [-0.2, -0.15) is 4.68 Å². The molecule has 0 saturated carbocycles. The number of tetrazole rings is 1. The fraction of sp³-hybridized carbons (Fsp3) is 0.211. The number of benzene rings is 2. The summed E-state index contributed by atoms with van der Waals surface area (Å²) in [5.41, 5.74) is 1.37. The van der Waals surface area contributed by atoms with Crippen molar-refractivity contribution in [3.63, 3.8) is 0 Å². The molecule has 12 nitrogen and oxygen atoms in total. The molecule has 1 aliphatic rings. The molecule has 2 aromatic carbocycles. The van der Waals surface area contributed by atoms with Crippen molar-refractivity contribution in [2.75, 3.05) is 31.6 Å². The van der Waals surface area contributed by atoms with Gasteiger partial charge in [0.25, 0.3) is 11.1 Å². The number of rotatable bonds is 7. The van der Waals surface area contributed by atoms with E-state index in [4.69, 9.17) is 9.99 Å². The third-order valence-electron chi connectivity index (χ3n) is 4.52. The summed E-state index contributed by atoms with van der Waals surface area (Å²) in [6.07, 6.45) is 0. The number of aromatic nitrogens is 4. The third kappa shape index (κ3) is 5.87. The van der Waals surface area contributed by atoms with Gasteiger partial charge in [0, 0.05) is 30.5 Å². The highest BCUT2D eigenvalue weighted by Crippen LogP contribution is 2.26. The second-order valence-electron chi connectivity index (χ2n) is 6.57. The van der Waals surface area contributed by atoms with Crippen molar-refractivity contribution in [1.82, 2.24) is 25.1 Å². The SMILES string of the molecule is O=C(Nc1cccc(-n2nnnc2SC(=O)N2CCOCC2)c1)c1ccccc1SOOO. The summed E-state index contributed by atoms with van der Waals surface area (Å²) < 4.78 is 11.1. The summed E-state index contributed by atoms with van der Waals surface area (Å²) in [6.45, 7) is 2.04. The van der Waals surface area contributed by atoms with Crippen LogP contribution in [0.3, 0.4) is 0 Å². The number of anilines is 1. The minimum Gasteiger partial charge on any atom is -0.378 e. The van der Waals surface area contributed by atoms with Gasteiger partial charge >= 0.3 is 0 Å². The quantitative estimate of drug-likeness (QED) is 0.218.